The predicted octanol–water partition coefficient (Wildman–Crippen LogP) is 2.99. The molecule has 4 nitrogen and oxygen atoms in total. The van der Waals surface area contributed by atoms with Crippen molar-refractivity contribution >= 4 is 11.6 Å². The summed E-state index contributed by atoms with van der Waals surface area (Å²) < 4.78 is 13.4. The molecule has 3 rings (SSSR count). The van der Waals surface area contributed by atoms with E-state index in [0.717, 1.165) is 42.6 Å². The molecule has 1 aliphatic heterocycles. The number of aryl methyl sites for hydroxylation is 1. The Morgan fingerprint density at radius 2 is 1.96 bits per heavy atom. The number of nitrogens with zero attached hydrogens (tertiary/aromatic N) is 1. The summed E-state index contributed by atoms with van der Waals surface area (Å²) in [7, 11) is 0. The minimum atomic E-state index is -0.229. The lowest BCUT2D eigenvalue weighted by molar-refractivity contribution is -0.119. The number of hydrogen-bond acceptors (Lipinski definition) is 3. The Morgan fingerprint density at radius 1 is 1.17 bits per heavy atom. The minimum Gasteiger partial charge on any atom is -0.508 e. The number of fused-ring (bicyclic) bond motifs is 1. The summed E-state index contributed by atoms with van der Waals surface area (Å²) in [5, 5.41) is 12.2. The van der Waals surface area contributed by atoms with Crippen molar-refractivity contribution in [1.29, 1.82) is 0 Å². The summed E-state index contributed by atoms with van der Waals surface area (Å²) in [5.41, 5.74) is 2.85. The molecule has 1 heterocycles. The Bertz CT molecular complexity index is 716. The van der Waals surface area contributed by atoms with Crippen LogP contribution in [-0.2, 0) is 17.8 Å². The van der Waals surface area contributed by atoms with E-state index >= 15 is 0 Å². The highest BCUT2D eigenvalue weighted by molar-refractivity contribution is 5.81. The topological polar surface area (TPSA) is 52.6 Å². The molecule has 0 atom stereocenters. The third-order valence-corrected chi connectivity index (χ3v) is 4.27. The first-order valence-corrected chi connectivity index (χ1v) is 8.20. The molecule has 2 N–H and O–H groups in total. The standard InChI is InChI=1S/C19H21FN2O2/c20-16-6-9-18-15(11-16)3-1-2-10-22(18)13-19(24)21-12-14-4-7-17(23)8-5-14/h4-9,11,23H,1-3,10,12-13H2,(H,21,24). The van der Waals surface area contributed by atoms with E-state index in [-0.39, 0.29) is 24.0 Å². The number of phenolic OH excluding ortho intramolecular Hbond substituents is 1. The Labute approximate surface area is 140 Å². The van der Waals surface area contributed by atoms with Crippen LogP contribution in [0.3, 0.4) is 0 Å². The van der Waals surface area contributed by atoms with E-state index in [0.29, 0.717) is 6.54 Å². The van der Waals surface area contributed by atoms with Gasteiger partial charge in [-0.3, -0.25) is 4.79 Å². The van der Waals surface area contributed by atoms with Crippen LogP contribution in [0.5, 0.6) is 5.75 Å². The van der Waals surface area contributed by atoms with Crippen molar-refractivity contribution in [2.45, 2.75) is 25.8 Å². The highest BCUT2D eigenvalue weighted by Crippen LogP contribution is 2.26. The molecule has 5 heteroatoms. The second kappa shape index (κ2) is 7.34. The van der Waals surface area contributed by atoms with Gasteiger partial charge in [0.15, 0.2) is 0 Å². The normalized spacial score (nSPS) is 14.0. The minimum absolute atomic E-state index is 0.0692. The number of carbonyl (C=O) groups excluding carboxylic acids is 1. The summed E-state index contributed by atoms with van der Waals surface area (Å²) in [4.78, 5) is 14.3. The largest absolute Gasteiger partial charge is 0.508 e. The maximum atomic E-state index is 13.4. The molecule has 2 aromatic carbocycles. The molecule has 0 saturated carbocycles. The van der Waals surface area contributed by atoms with Gasteiger partial charge >= 0.3 is 0 Å². The van der Waals surface area contributed by atoms with Crippen molar-refractivity contribution in [3.63, 3.8) is 0 Å². The molecule has 0 radical (unpaired) electrons. The van der Waals surface area contributed by atoms with Crippen molar-refractivity contribution in [3.8, 4) is 5.75 Å². The highest BCUT2D eigenvalue weighted by Gasteiger charge is 2.18. The monoisotopic (exact) mass is 328 g/mol. The predicted molar refractivity (Wildman–Crippen MR) is 91.5 cm³/mol. The maximum absolute atomic E-state index is 13.4. The Hall–Kier alpha value is -2.56. The summed E-state index contributed by atoms with van der Waals surface area (Å²) in [6.07, 6.45) is 2.84. The third-order valence-electron chi connectivity index (χ3n) is 4.27. The molecule has 1 aliphatic rings. The zero-order valence-corrected chi connectivity index (χ0v) is 13.5. The van der Waals surface area contributed by atoms with Gasteiger partial charge in [-0.1, -0.05) is 12.1 Å². The molecule has 1 amide bonds. The third kappa shape index (κ3) is 4.04. The van der Waals surface area contributed by atoms with E-state index in [9.17, 15) is 14.3 Å². The molecule has 0 saturated heterocycles. The van der Waals surface area contributed by atoms with Crippen LogP contribution in [0.25, 0.3) is 0 Å². The number of carbonyl (C=O) groups is 1. The van der Waals surface area contributed by atoms with Crippen LogP contribution in [0, 0.1) is 5.82 Å². The molecule has 0 unspecified atom stereocenters. The first-order valence-electron chi connectivity index (χ1n) is 8.20. The van der Waals surface area contributed by atoms with E-state index in [2.05, 4.69) is 5.32 Å². The zero-order chi connectivity index (χ0) is 16.9. The van der Waals surface area contributed by atoms with Crippen LogP contribution >= 0.6 is 0 Å². The van der Waals surface area contributed by atoms with Crippen LogP contribution < -0.4 is 10.2 Å². The van der Waals surface area contributed by atoms with Gasteiger partial charge in [-0.15, -0.1) is 0 Å². The van der Waals surface area contributed by atoms with E-state index in [1.165, 1.54) is 6.07 Å². The van der Waals surface area contributed by atoms with E-state index < -0.39 is 0 Å². The van der Waals surface area contributed by atoms with Gasteiger partial charge in [0.2, 0.25) is 5.91 Å². The fraction of sp³-hybridized carbons (Fsp3) is 0.316. The number of halogens is 1. The van der Waals surface area contributed by atoms with Crippen LogP contribution in [0.1, 0.15) is 24.0 Å². The van der Waals surface area contributed by atoms with Gasteiger partial charge < -0.3 is 15.3 Å². The maximum Gasteiger partial charge on any atom is 0.239 e. The number of rotatable bonds is 4. The molecule has 0 fully saturated rings. The molecule has 0 aliphatic carbocycles. The van der Waals surface area contributed by atoms with Crippen LogP contribution in [0.15, 0.2) is 42.5 Å². The van der Waals surface area contributed by atoms with Crippen LogP contribution in [0.2, 0.25) is 0 Å². The van der Waals surface area contributed by atoms with Crippen LogP contribution in [0.4, 0.5) is 10.1 Å². The zero-order valence-electron chi connectivity index (χ0n) is 13.5. The molecule has 0 aromatic heterocycles. The SMILES string of the molecule is O=C(CN1CCCCc2cc(F)ccc21)NCc1ccc(O)cc1. The first-order chi connectivity index (χ1) is 11.6. The Balaban J connectivity index is 1.62. The van der Waals surface area contributed by atoms with Crippen molar-refractivity contribution in [1.82, 2.24) is 5.32 Å². The van der Waals surface area contributed by atoms with Gasteiger partial charge in [0, 0.05) is 18.8 Å². The highest BCUT2D eigenvalue weighted by atomic mass is 19.1. The van der Waals surface area contributed by atoms with E-state index in [1.54, 1.807) is 36.4 Å². The number of amides is 1. The lowest BCUT2D eigenvalue weighted by Gasteiger charge is -2.24. The molecular formula is C19H21FN2O2. The summed E-state index contributed by atoms with van der Waals surface area (Å²) in [5.74, 6) is -0.0916. The molecular weight excluding hydrogens is 307 g/mol. The Morgan fingerprint density at radius 3 is 2.75 bits per heavy atom. The van der Waals surface area contributed by atoms with Gasteiger partial charge in [0.25, 0.3) is 0 Å². The number of phenols is 1. The molecule has 0 bridgehead atoms. The van der Waals surface area contributed by atoms with Crippen molar-refractivity contribution in [2.75, 3.05) is 18.0 Å². The fourth-order valence-corrected chi connectivity index (χ4v) is 3.01. The van der Waals surface area contributed by atoms with Gasteiger partial charge in [-0.2, -0.15) is 0 Å². The fourth-order valence-electron chi connectivity index (χ4n) is 3.01. The lowest BCUT2D eigenvalue weighted by atomic mass is 10.1. The summed E-state index contributed by atoms with van der Waals surface area (Å²) >= 11 is 0. The van der Waals surface area contributed by atoms with Gasteiger partial charge in [0.1, 0.15) is 11.6 Å². The summed E-state index contributed by atoms with van der Waals surface area (Å²) in [6, 6.07) is 11.5. The summed E-state index contributed by atoms with van der Waals surface area (Å²) in [6.45, 7) is 1.48. The number of benzene rings is 2. The molecule has 126 valence electrons. The molecule has 24 heavy (non-hydrogen) atoms. The average Bonchev–Trinajstić information content (AvgIpc) is 2.76. The Kier molecular flexibility index (Phi) is 4.99. The average molecular weight is 328 g/mol. The number of anilines is 1. The quantitative estimate of drug-likeness (QED) is 0.907. The van der Waals surface area contributed by atoms with E-state index in [1.807, 2.05) is 4.90 Å². The number of hydrogen-bond donors (Lipinski definition) is 2. The first kappa shape index (κ1) is 16.3. The van der Waals surface area contributed by atoms with Gasteiger partial charge in [-0.05, 0) is 60.7 Å². The smallest absolute Gasteiger partial charge is 0.239 e. The second-order valence-electron chi connectivity index (χ2n) is 6.09. The number of nitrogens with one attached hydrogen (secondary N) is 1. The van der Waals surface area contributed by atoms with E-state index in [4.69, 9.17) is 0 Å². The van der Waals surface area contributed by atoms with Crippen molar-refractivity contribution < 1.29 is 14.3 Å². The second-order valence-corrected chi connectivity index (χ2v) is 6.09. The van der Waals surface area contributed by atoms with Gasteiger partial charge in [0.05, 0.1) is 6.54 Å². The van der Waals surface area contributed by atoms with Crippen LogP contribution in [-0.4, -0.2) is 24.1 Å². The number of aromatic hydroxyl groups is 1. The van der Waals surface area contributed by atoms with Gasteiger partial charge in [-0.25, -0.2) is 4.39 Å². The lowest BCUT2D eigenvalue weighted by Crippen LogP contribution is -2.37. The van der Waals surface area contributed by atoms with Crippen molar-refractivity contribution in [3.05, 3.63) is 59.4 Å². The molecule has 2 aromatic rings. The molecule has 0 spiro atoms. The van der Waals surface area contributed by atoms with Crippen molar-refractivity contribution in [2.24, 2.45) is 0 Å².